The average molecular weight is 273 g/mol. The number of nitro groups is 1. The number of rotatable bonds is 7. The minimum Gasteiger partial charge on any atom is -0.375 e. The molecule has 1 aromatic heterocycles. The van der Waals surface area contributed by atoms with Crippen molar-refractivity contribution in [3.63, 3.8) is 0 Å². The predicted octanol–water partition coefficient (Wildman–Crippen LogP) is 2.04. The van der Waals surface area contributed by atoms with Gasteiger partial charge in [0.1, 0.15) is 6.33 Å². The number of halogens is 1. The normalized spacial score (nSPS) is 10.1. The van der Waals surface area contributed by atoms with Gasteiger partial charge in [0.05, 0.1) is 18.1 Å². The molecule has 0 saturated heterocycles. The third-order valence-corrected chi connectivity index (χ3v) is 2.12. The molecule has 0 spiro atoms. The van der Waals surface area contributed by atoms with Gasteiger partial charge in [0.2, 0.25) is 11.0 Å². The molecule has 1 heterocycles. The second-order valence-electron chi connectivity index (χ2n) is 3.56. The van der Waals surface area contributed by atoms with Crippen LogP contribution in [0.2, 0.25) is 5.15 Å². The quantitative estimate of drug-likeness (QED) is 0.269. The maximum atomic E-state index is 10.8. The van der Waals surface area contributed by atoms with Crippen LogP contribution in [0.5, 0.6) is 0 Å². The smallest absolute Gasteiger partial charge is 0.348 e. The molecule has 0 atom stereocenters. The Morgan fingerprint density at radius 2 is 2.39 bits per heavy atom. The molecule has 0 fully saturated rings. The fraction of sp³-hybridized carbons (Fsp3) is 0.400. The van der Waals surface area contributed by atoms with Crippen molar-refractivity contribution in [2.45, 2.75) is 6.92 Å². The van der Waals surface area contributed by atoms with E-state index in [0.29, 0.717) is 19.8 Å². The van der Waals surface area contributed by atoms with Crippen LogP contribution in [0, 0.1) is 10.1 Å². The van der Waals surface area contributed by atoms with Gasteiger partial charge in [-0.15, -0.1) is 0 Å². The van der Waals surface area contributed by atoms with E-state index in [-0.39, 0.29) is 16.7 Å². The molecule has 0 saturated carbocycles. The van der Waals surface area contributed by atoms with Crippen LogP contribution in [0.25, 0.3) is 0 Å². The molecule has 0 aromatic carbocycles. The fourth-order valence-electron chi connectivity index (χ4n) is 1.14. The molecule has 98 valence electrons. The number of hydrogen-bond donors (Lipinski definition) is 1. The Kier molecular flexibility index (Phi) is 5.47. The summed E-state index contributed by atoms with van der Waals surface area (Å²) in [4.78, 5) is 17.5. The van der Waals surface area contributed by atoms with E-state index in [1.165, 1.54) is 0 Å². The summed E-state index contributed by atoms with van der Waals surface area (Å²) in [5, 5.41) is 13.4. The summed E-state index contributed by atoms with van der Waals surface area (Å²) in [6.45, 7) is 6.75. The van der Waals surface area contributed by atoms with Crippen molar-refractivity contribution in [1.82, 2.24) is 9.97 Å². The summed E-state index contributed by atoms with van der Waals surface area (Å²) in [7, 11) is 0. The Hall–Kier alpha value is -1.73. The molecular weight excluding hydrogens is 260 g/mol. The highest BCUT2D eigenvalue weighted by molar-refractivity contribution is 6.31. The summed E-state index contributed by atoms with van der Waals surface area (Å²) in [5.41, 5.74) is 0.574. The molecule has 0 unspecified atom stereocenters. The number of nitrogens with one attached hydrogen (secondary N) is 1. The van der Waals surface area contributed by atoms with E-state index in [1.54, 1.807) is 0 Å². The molecular formula is C10H13ClN4O3. The van der Waals surface area contributed by atoms with Gasteiger partial charge in [0.15, 0.2) is 0 Å². The second kappa shape index (κ2) is 6.87. The highest BCUT2D eigenvalue weighted by Gasteiger charge is 2.20. The molecule has 0 aliphatic rings. The molecule has 7 nitrogen and oxygen atoms in total. The van der Waals surface area contributed by atoms with Gasteiger partial charge in [-0.25, -0.2) is 9.97 Å². The first kappa shape index (κ1) is 14.3. The third kappa shape index (κ3) is 4.27. The largest absolute Gasteiger partial charge is 0.375 e. The minimum absolute atomic E-state index is 0.0823. The van der Waals surface area contributed by atoms with Crippen LogP contribution in [-0.2, 0) is 4.74 Å². The van der Waals surface area contributed by atoms with E-state index < -0.39 is 4.92 Å². The van der Waals surface area contributed by atoms with Gasteiger partial charge < -0.3 is 10.1 Å². The van der Waals surface area contributed by atoms with Gasteiger partial charge in [0.25, 0.3) is 0 Å². The number of hydrogen-bond acceptors (Lipinski definition) is 6. The molecule has 8 heteroatoms. The topological polar surface area (TPSA) is 90.2 Å². The maximum Gasteiger partial charge on any atom is 0.348 e. The number of anilines is 1. The Balaban J connectivity index is 2.54. The van der Waals surface area contributed by atoms with Crippen molar-refractivity contribution in [3.8, 4) is 0 Å². The Morgan fingerprint density at radius 3 is 3.00 bits per heavy atom. The van der Waals surface area contributed by atoms with Crippen LogP contribution in [0.4, 0.5) is 11.5 Å². The van der Waals surface area contributed by atoms with E-state index in [0.717, 1.165) is 11.9 Å². The summed E-state index contributed by atoms with van der Waals surface area (Å²) in [6, 6.07) is 0. The van der Waals surface area contributed by atoms with E-state index >= 15 is 0 Å². The molecule has 1 aromatic rings. The van der Waals surface area contributed by atoms with E-state index in [4.69, 9.17) is 16.3 Å². The average Bonchev–Trinajstić information content (AvgIpc) is 2.27. The molecule has 0 aliphatic heterocycles. The lowest BCUT2D eigenvalue weighted by Gasteiger charge is -2.07. The maximum absolute atomic E-state index is 10.8. The van der Waals surface area contributed by atoms with Gasteiger partial charge >= 0.3 is 5.69 Å². The molecule has 0 radical (unpaired) electrons. The van der Waals surface area contributed by atoms with Crippen LogP contribution in [-0.4, -0.2) is 34.6 Å². The summed E-state index contributed by atoms with van der Waals surface area (Å²) < 4.78 is 5.24. The zero-order valence-corrected chi connectivity index (χ0v) is 10.6. The summed E-state index contributed by atoms with van der Waals surface area (Å²) >= 11 is 5.63. The third-order valence-electron chi connectivity index (χ3n) is 1.85. The lowest BCUT2D eigenvalue weighted by atomic mass is 10.4. The highest BCUT2D eigenvalue weighted by atomic mass is 35.5. The monoisotopic (exact) mass is 272 g/mol. The van der Waals surface area contributed by atoms with Crippen molar-refractivity contribution in [2.24, 2.45) is 0 Å². The van der Waals surface area contributed by atoms with Gasteiger partial charge in [-0.2, -0.15) is 0 Å². The zero-order valence-electron chi connectivity index (χ0n) is 9.85. The predicted molar refractivity (Wildman–Crippen MR) is 67.8 cm³/mol. The molecule has 0 amide bonds. The molecule has 1 rings (SSSR count). The zero-order chi connectivity index (χ0) is 13.5. The van der Waals surface area contributed by atoms with Crippen LogP contribution in [0.1, 0.15) is 6.92 Å². The van der Waals surface area contributed by atoms with Gasteiger partial charge in [-0.3, -0.25) is 10.1 Å². The first-order valence-electron chi connectivity index (χ1n) is 5.13. The first-order chi connectivity index (χ1) is 8.52. The van der Waals surface area contributed by atoms with Crippen molar-refractivity contribution >= 4 is 23.1 Å². The standard InChI is InChI=1S/C10H13ClN4O3/c1-7(2)5-18-4-3-12-10-8(15(16)17)9(11)13-6-14-10/h6H,1,3-5H2,2H3,(H,12,13,14). The van der Waals surface area contributed by atoms with Gasteiger partial charge in [-0.05, 0) is 6.92 Å². The minimum atomic E-state index is -0.626. The van der Waals surface area contributed by atoms with Crippen LogP contribution < -0.4 is 5.32 Å². The van der Waals surface area contributed by atoms with Gasteiger partial charge in [-0.1, -0.05) is 23.8 Å². The van der Waals surface area contributed by atoms with E-state index in [9.17, 15) is 10.1 Å². The number of nitrogens with zero attached hydrogens (tertiary/aromatic N) is 3. The molecule has 18 heavy (non-hydrogen) atoms. The highest BCUT2D eigenvalue weighted by Crippen LogP contribution is 2.27. The van der Waals surface area contributed by atoms with Crippen molar-refractivity contribution in [3.05, 3.63) is 33.7 Å². The fourth-order valence-corrected chi connectivity index (χ4v) is 1.34. The molecule has 0 aliphatic carbocycles. The molecule has 0 bridgehead atoms. The Labute approximate surface area is 109 Å². The van der Waals surface area contributed by atoms with E-state index in [2.05, 4.69) is 21.9 Å². The summed E-state index contributed by atoms with van der Waals surface area (Å²) in [5.74, 6) is 0.0823. The Bertz CT molecular complexity index is 453. The van der Waals surface area contributed by atoms with Gasteiger partial charge in [0, 0.05) is 6.54 Å². The molecule has 1 N–H and O–H groups in total. The second-order valence-corrected chi connectivity index (χ2v) is 3.91. The van der Waals surface area contributed by atoms with Crippen molar-refractivity contribution in [2.75, 3.05) is 25.1 Å². The van der Waals surface area contributed by atoms with Crippen molar-refractivity contribution < 1.29 is 9.66 Å². The van der Waals surface area contributed by atoms with Crippen LogP contribution in [0.3, 0.4) is 0 Å². The first-order valence-corrected chi connectivity index (χ1v) is 5.51. The number of aromatic nitrogens is 2. The van der Waals surface area contributed by atoms with E-state index in [1.807, 2.05) is 6.92 Å². The summed E-state index contributed by atoms with van der Waals surface area (Å²) in [6.07, 6.45) is 1.16. The SMILES string of the molecule is C=C(C)COCCNc1ncnc(Cl)c1[N+](=O)[O-]. The Morgan fingerprint density at radius 1 is 1.67 bits per heavy atom. The lowest BCUT2D eigenvalue weighted by molar-refractivity contribution is -0.384. The van der Waals surface area contributed by atoms with Crippen LogP contribution >= 0.6 is 11.6 Å². The number of ether oxygens (including phenoxy) is 1. The van der Waals surface area contributed by atoms with Crippen LogP contribution in [0.15, 0.2) is 18.5 Å². The lowest BCUT2D eigenvalue weighted by Crippen LogP contribution is -2.12. The van der Waals surface area contributed by atoms with Crippen molar-refractivity contribution in [1.29, 1.82) is 0 Å².